The standard InChI is InChI=1S/C13H24N2O/c1-5-12-8-13(15(6-2)14-12)7-11(9-16)10(3)4/h8,10-11,16H,5-7,9H2,1-4H3. The second-order valence-electron chi connectivity index (χ2n) is 4.69. The van der Waals surface area contributed by atoms with E-state index in [9.17, 15) is 5.11 Å². The Bertz CT molecular complexity index is 318. The summed E-state index contributed by atoms with van der Waals surface area (Å²) in [5.41, 5.74) is 2.41. The van der Waals surface area contributed by atoms with Gasteiger partial charge in [0.15, 0.2) is 0 Å². The third-order valence-corrected chi connectivity index (χ3v) is 3.22. The quantitative estimate of drug-likeness (QED) is 0.805. The molecular weight excluding hydrogens is 200 g/mol. The largest absolute Gasteiger partial charge is 0.396 e. The van der Waals surface area contributed by atoms with E-state index in [0.717, 1.165) is 25.1 Å². The van der Waals surface area contributed by atoms with Gasteiger partial charge in [-0.2, -0.15) is 5.10 Å². The lowest BCUT2D eigenvalue weighted by molar-refractivity contribution is 0.187. The van der Waals surface area contributed by atoms with Gasteiger partial charge in [-0.3, -0.25) is 4.68 Å². The highest BCUT2D eigenvalue weighted by Crippen LogP contribution is 2.18. The summed E-state index contributed by atoms with van der Waals surface area (Å²) >= 11 is 0. The summed E-state index contributed by atoms with van der Waals surface area (Å²) in [5, 5.41) is 13.9. The maximum Gasteiger partial charge on any atom is 0.0624 e. The molecule has 0 aromatic carbocycles. The van der Waals surface area contributed by atoms with Crippen LogP contribution >= 0.6 is 0 Å². The molecule has 3 nitrogen and oxygen atoms in total. The Morgan fingerprint density at radius 1 is 1.38 bits per heavy atom. The van der Waals surface area contributed by atoms with Gasteiger partial charge in [0.25, 0.3) is 0 Å². The fraction of sp³-hybridized carbons (Fsp3) is 0.769. The fourth-order valence-corrected chi connectivity index (χ4v) is 1.91. The predicted molar refractivity (Wildman–Crippen MR) is 66.4 cm³/mol. The lowest BCUT2D eigenvalue weighted by Crippen LogP contribution is -2.18. The summed E-state index contributed by atoms with van der Waals surface area (Å²) < 4.78 is 2.06. The Kier molecular flexibility index (Phi) is 5.00. The number of hydrogen-bond acceptors (Lipinski definition) is 2. The van der Waals surface area contributed by atoms with Crippen molar-refractivity contribution in [3.63, 3.8) is 0 Å². The molecule has 0 radical (unpaired) electrons. The molecule has 1 rings (SSSR count). The maximum atomic E-state index is 9.36. The van der Waals surface area contributed by atoms with Crippen molar-refractivity contribution >= 4 is 0 Å². The van der Waals surface area contributed by atoms with E-state index in [1.54, 1.807) is 0 Å². The topological polar surface area (TPSA) is 38.0 Å². The fourth-order valence-electron chi connectivity index (χ4n) is 1.91. The van der Waals surface area contributed by atoms with Crippen LogP contribution in [0.2, 0.25) is 0 Å². The van der Waals surface area contributed by atoms with Crippen molar-refractivity contribution in [2.24, 2.45) is 11.8 Å². The molecule has 1 heterocycles. The molecule has 1 unspecified atom stereocenters. The van der Waals surface area contributed by atoms with Crippen LogP contribution in [0.3, 0.4) is 0 Å². The van der Waals surface area contributed by atoms with E-state index in [4.69, 9.17) is 0 Å². The van der Waals surface area contributed by atoms with Gasteiger partial charge in [0, 0.05) is 18.8 Å². The van der Waals surface area contributed by atoms with Gasteiger partial charge in [-0.1, -0.05) is 20.8 Å². The zero-order chi connectivity index (χ0) is 12.1. The first-order chi connectivity index (χ1) is 7.62. The number of aliphatic hydroxyl groups is 1. The second kappa shape index (κ2) is 6.04. The van der Waals surface area contributed by atoms with Gasteiger partial charge < -0.3 is 5.11 Å². The van der Waals surface area contributed by atoms with Crippen LogP contribution in [0.15, 0.2) is 6.07 Å². The summed E-state index contributed by atoms with van der Waals surface area (Å²) in [7, 11) is 0. The Labute approximate surface area is 98.5 Å². The van der Waals surface area contributed by atoms with Crippen molar-refractivity contribution in [2.75, 3.05) is 6.61 Å². The molecule has 1 atom stereocenters. The Morgan fingerprint density at radius 3 is 2.50 bits per heavy atom. The number of rotatable bonds is 6. The number of nitrogens with zero attached hydrogens (tertiary/aromatic N) is 2. The minimum Gasteiger partial charge on any atom is -0.396 e. The van der Waals surface area contributed by atoms with E-state index in [0.29, 0.717) is 11.8 Å². The molecule has 0 aliphatic carbocycles. The minimum atomic E-state index is 0.258. The monoisotopic (exact) mass is 224 g/mol. The van der Waals surface area contributed by atoms with Crippen molar-refractivity contribution in [3.05, 3.63) is 17.5 Å². The van der Waals surface area contributed by atoms with Crippen molar-refractivity contribution in [2.45, 2.75) is 47.1 Å². The lowest BCUT2D eigenvalue weighted by atomic mass is 9.92. The predicted octanol–water partition coefficient (Wildman–Crippen LogP) is 2.27. The van der Waals surface area contributed by atoms with Gasteiger partial charge in [0.05, 0.1) is 5.69 Å². The molecule has 16 heavy (non-hydrogen) atoms. The molecule has 0 bridgehead atoms. The average molecular weight is 224 g/mol. The summed E-state index contributed by atoms with van der Waals surface area (Å²) in [6.45, 7) is 9.72. The van der Waals surface area contributed by atoms with Gasteiger partial charge in [-0.15, -0.1) is 0 Å². The first kappa shape index (κ1) is 13.2. The van der Waals surface area contributed by atoms with Crippen molar-refractivity contribution in [3.8, 4) is 0 Å². The highest BCUT2D eigenvalue weighted by atomic mass is 16.3. The second-order valence-corrected chi connectivity index (χ2v) is 4.69. The van der Waals surface area contributed by atoms with E-state index in [-0.39, 0.29) is 6.61 Å². The van der Waals surface area contributed by atoms with E-state index >= 15 is 0 Å². The van der Waals surface area contributed by atoms with Crippen LogP contribution in [0.5, 0.6) is 0 Å². The Morgan fingerprint density at radius 2 is 2.06 bits per heavy atom. The summed E-state index contributed by atoms with van der Waals surface area (Å²) in [6.07, 6.45) is 1.90. The molecule has 92 valence electrons. The van der Waals surface area contributed by atoms with Gasteiger partial charge in [0.1, 0.15) is 0 Å². The zero-order valence-electron chi connectivity index (χ0n) is 10.9. The van der Waals surface area contributed by atoms with E-state index < -0.39 is 0 Å². The number of aryl methyl sites for hydroxylation is 2. The van der Waals surface area contributed by atoms with Gasteiger partial charge in [0.2, 0.25) is 0 Å². The molecular formula is C13H24N2O. The van der Waals surface area contributed by atoms with Crippen LogP contribution in [0, 0.1) is 11.8 Å². The Balaban J connectivity index is 2.81. The van der Waals surface area contributed by atoms with Crippen LogP contribution in [0.25, 0.3) is 0 Å². The highest BCUT2D eigenvalue weighted by Gasteiger charge is 2.16. The van der Waals surface area contributed by atoms with E-state index in [1.165, 1.54) is 5.69 Å². The SMILES string of the molecule is CCc1cc(CC(CO)C(C)C)n(CC)n1. The first-order valence-electron chi connectivity index (χ1n) is 6.28. The molecule has 0 aliphatic heterocycles. The molecule has 1 aromatic heterocycles. The van der Waals surface area contributed by atoms with Crippen LogP contribution in [0.1, 0.15) is 39.1 Å². The molecule has 1 N–H and O–H groups in total. The minimum absolute atomic E-state index is 0.258. The first-order valence-corrected chi connectivity index (χ1v) is 6.28. The average Bonchev–Trinajstić information content (AvgIpc) is 2.67. The van der Waals surface area contributed by atoms with Gasteiger partial charge >= 0.3 is 0 Å². The van der Waals surface area contributed by atoms with Crippen LogP contribution in [-0.4, -0.2) is 21.5 Å². The summed E-state index contributed by atoms with van der Waals surface area (Å²) in [6, 6.07) is 2.18. The molecule has 0 spiro atoms. The van der Waals surface area contributed by atoms with Crippen molar-refractivity contribution in [1.29, 1.82) is 0 Å². The molecule has 0 fully saturated rings. The van der Waals surface area contributed by atoms with Gasteiger partial charge in [-0.05, 0) is 37.7 Å². The molecule has 3 heteroatoms. The summed E-state index contributed by atoms with van der Waals surface area (Å²) in [4.78, 5) is 0. The van der Waals surface area contributed by atoms with Crippen molar-refractivity contribution in [1.82, 2.24) is 9.78 Å². The lowest BCUT2D eigenvalue weighted by Gasteiger charge is -2.18. The Hall–Kier alpha value is -0.830. The van der Waals surface area contributed by atoms with Crippen LogP contribution in [-0.2, 0) is 19.4 Å². The van der Waals surface area contributed by atoms with E-state index in [1.807, 2.05) is 0 Å². The van der Waals surface area contributed by atoms with Crippen LogP contribution in [0.4, 0.5) is 0 Å². The normalized spacial score (nSPS) is 13.4. The van der Waals surface area contributed by atoms with Gasteiger partial charge in [-0.25, -0.2) is 0 Å². The van der Waals surface area contributed by atoms with E-state index in [2.05, 4.69) is 43.5 Å². The number of aliphatic hydroxyl groups excluding tert-OH is 1. The molecule has 0 saturated heterocycles. The number of aromatic nitrogens is 2. The maximum absolute atomic E-state index is 9.36. The number of hydrogen-bond donors (Lipinski definition) is 1. The molecule has 0 aliphatic rings. The third kappa shape index (κ3) is 3.08. The smallest absolute Gasteiger partial charge is 0.0624 e. The molecule has 0 amide bonds. The molecule has 0 saturated carbocycles. The van der Waals surface area contributed by atoms with Crippen LogP contribution < -0.4 is 0 Å². The van der Waals surface area contributed by atoms with Crippen molar-refractivity contribution < 1.29 is 5.11 Å². The third-order valence-electron chi connectivity index (χ3n) is 3.22. The zero-order valence-corrected chi connectivity index (χ0v) is 10.9. The summed E-state index contributed by atoms with van der Waals surface area (Å²) in [5.74, 6) is 0.849. The highest BCUT2D eigenvalue weighted by molar-refractivity contribution is 5.11. The molecule has 1 aromatic rings.